The van der Waals surface area contributed by atoms with Crippen molar-refractivity contribution in [1.82, 2.24) is 14.3 Å². The maximum atomic E-state index is 14.9. The summed E-state index contributed by atoms with van der Waals surface area (Å²) >= 11 is 0. The minimum Gasteiger partial charge on any atom is -0.333 e. The van der Waals surface area contributed by atoms with Gasteiger partial charge in [0.05, 0.1) is 46.8 Å². The summed E-state index contributed by atoms with van der Waals surface area (Å²) in [7, 11) is -3.63. The molecule has 4 rings (SSSR count). The number of hydrogen-bond acceptors (Lipinski definition) is 5. The lowest BCUT2D eigenvalue weighted by molar-refractivity contribution is -0.140. The van der Waals surface area contributed by atoms with Gasteiger partial charge in [-0.1, -0.05) is 25.1 Å². The number of imidazole rings is 1. The zero-order valence-corrected chi connectivity index (χ0v) is 23.6. The smallest absolute Gasteiger partial charge is 0.333 e. The molecule has 2 aromatic carbocycles. The number of nitriles is 1. The van der Waals surface area contributed by atoms with Crippen molar-refractivity contribution in [3.8, 4) is 17.3 Å². The first-order valence-electron chi connectivity index (χ1n) is 12.9. The van der Waals surface area contributed by atoms with Crippen LogP contribution in [-0.2, 0) is 27.2 Å². The monoisotopic (exact) mass is 622 g/mol. The fourth-order valence-electron chi connectivity index (χ4n) is 4.61. The minimum atomic E-state index is -5.02. The minimum absolute atomic E-state index is 0.0338. The summed E-state index contributed by atoms with van der Waals surface area (Å²) in [5.41, 5.74) is -1.21. The molecule has 0 aliphatic rings. The molecule has 1 amide bonds. The van der Waals surface area contributed by atoms with Crippen LogP contribution < -0.4 is 0 Å². The number of sulfone groups is 1. The van der Waals surface area contributed by atoms with Crippen LogP contribution in [0.2, 0.25) is 0 Å². The fourth-order valence-corrected chi connectivity index (χ4v) is 5.37. The number of aromatic nitrogens is 2. The van der Waals surface area contributed by atoms with Crippen molar-refractivity contribution in [2.45, 2.75) is 32.5 Å². The van der Waals surface area contributed by atoms with Crippen molar-refractivity contribution in [2.24, 2.45) is 0 Å². The summed E-state index contributed by atoms with van der Waals surface area (Å²) in [5, 5.41) is 9.18. The maximum Gasteiger partial charge on any atom is 0.419 e. The molecule has 0 aliphatic carbocycles. The second kappa shape index (κ2) is 12.1. The molecule has 0 saturated carbocycles. The SMILES string of the molecule is CCS(=O)(=O)CCN(C(=O)Cc1ccc(F)c(C(F)(F)F)c1)C(C)c1nc2c(F)cc(F)cn2c1-c1ccc(C#N)cc1. The van der Waals surface area contributed by atoms with Crippen LogP contribution in [0.3, 0.4) is 0 Å². The van der Waals surface area contributed by atoms with E-state index in [0.717, 1.165) is 21.6 Å². The number of halogens is 6. The van der Waals surface area contributed by atoms with Gasteiger partial charge in [-0.3, -0.25) is 9.20 Å². The van der Waals surface area contributed by atoms with E-state index in [-0.39, 0.29) is 28.4 Å². The molecule has 1 atom stereocenters. The number of carbonyl (C=O) groups is 1. The normalized spacial score (nSPS) is 12.7. The van der Waals surface area contributed by atoms with Crippen LogP contribution in [0.1, 0.15) is 42.3 Å². The highest BCUT2D eigenvalue weighted by Crippen LogP contribution is 2.35. The molecule has 0 aliphatic heterocycles. The Kier molecular flexibility index (Phi) is 8.87. The molecule has 43 heavy (non-hydrogen) atoms. The van der Waals surface area contributed by atoms with E-state index in [1.54, 1.807) is 0 Å². The van der Waals surface area contributed by atoms with Crippen LogP contribution >= 0.6 is 0 Å². The number of nitrogens with zero attached hydrogens (tertiary/aromatic N) is 4. The van der Waals surface area contributed by atoms with Crippen LogP contribution in [0.15, 0.2) is 54.7 Å². The van der Waals surface area contributed by atoms with E-state index in [0.29, 0.717) is 29.3 Å². The second-order valence-corrected chi connectivity index (χ2v) is 12.2. The van der Waals surface area contributed by atoms with Gasteiger partial charge in [0.1, 0.15) is 11.6 Å². The molecule has 0 saturated heterocycles. The van der Waals surface area contributed by atoms with Gasteiger partial charge in [-0.15, -0.1) is 0 Å². The lowest BCUT2D eigenvalue weighted by Gasteiger charge is -2.29. The zero-order valence-electron chi connectivity index (χ0n) is 22.8. The number of alkyl halides is 3. The van der Waals surface area contributed by atoms with E-state index in [1.165, 1.54) is 38.1 Å². The van der Waals surface area contributed by atoms with Gasteiger partial charge in [0, 0.05) is 30.1 Å². The molecule has 0 fully saturated rings. The zero-order chi connectivity index (χ0) is 31.7. The Labute approximate surface area is 242 Å². The number of amides is 1. The van der Waals surface area contributed by atoms with Crippen molar-refractivity contribution >= 4 is 21.4 Å². The highest BCUT2D eigenvalue weighted by atomic mass is 32.2. The van der Waals surface area contributed by atoms with Gasteiger partial charge < -0.3 is 4.90 Å². The van der Waals surface area contributed by atoms with E-state index < -0.39 is 69.7 Å². The third kappa shape index (κ3) is 6.83. The number of fused-ring (bicyclic) bond motifs is 1. The standard InChI is InChI=1S/C29H24F6N4O3S/c1-3-43(41,42)11-10-38(25(40)13-19-6-9-23(31)22(12-19)29(33,34)35)17(2)26-27(20-7-4-18(15-36)5-8-20)39-16-21(30)14-24(32)28(39)37-26/h4-9,12,14,16-17H,3,10-11,13H2,1-2H3. The number of rotatable bonds is 9. The predicted octanol–water partition coefficient (Wildman–Crippen LogP) is 5.88. The van der Waals surface area contributed by atoms with Crippen molar-refractivity contribution in [1.29, 1.82) is 5.26 Å². The molecular formula is C29H24F6N4O3S. The molecule has 4 aromatic rings. The van der Waals surface area contributed by atoms with E-state index in [4.69, 9.17) is 0 Å². The lowest BCUT2D eigenvalue weighted by Crippen LogP contribution is -2.38. The average Bonchev–Trinajstić information content (AvgIpc) is 3.33. The molecule has 7 nitrogen and oxygen atoms in total. The van der Waals surface area contributed by atoms with E-state index in [2.05, 4.69) is 4.98 Å². The second-order valence-electron chi connectivity index (χ2n) is 9.72. The highest BCUT2D eigenvalue weighted by Gasteiger charge is 2.35. The summed E-state index contributed by atoms with van der Waals surface area (Å²) in [6, 6.07) is 9.50. The Balaban J connectivity index is 1.84. The van der Waals surface area contributed by atoms with Crippen LogP contribution in [-0.4, -0.2) is 46.7 Å². The van der Waals surface area contributed by atoms with Crippen LogP contribution in [0, 0.1) is 28.8 Å². The molecular weight excluding hydrogens is 598 g/mol. The van der Waals surface area contributed by atoms with Gasteiger partial charge >= 0.3 is 6.18 Å². The van der Waals surface area contributed by atoms with Crippen LogP contribution in [0.25, 0.3) is 16.9 Å². The Morgan fingerprint density at radius 3 is 2.35 bits per heavy atom. The summed E-state index contributed by atoms with van der Waals surface area (Å²) in [5.74, 6) is -5.03. The summed E-state index contributed by atoms with van der Waals surface area (Å²) in [6.45, 7) is 2.47. The van der Waals surface area contributed by atoms with Gasteiger partial charge in [-0.05, 0) is 36.8 Å². The first-order chi connectivity index (χ1) is 20.1. The van der Waals surface area contributed by atoms with Crippen LogP contribution in [0.5, 0.6) is 0 Å². The fraction of sp³-hybridized carbons (Fsp3) is 0.276. The topological polar surface area (TPSA) is 95.5 Å². The van der Waals surface area contributed by atoms with Gasteiger partial charge in [0.2, 0.25) is 5.91 Å². The highest BCUT2D eigenvalue weighted by molar-refractivity contribution is 7.91. The molecule has 0 spiro atoms. The van der Waals surface area contributed by atoms with Crippen molar-refractivity contribution in [3.63, 3.8) is 0 Å². The maximum absolute atomic E-state index is 14.9. The molecule has 2 aromatic heterocycles. The number of hydrogen-bond donors (Lipinski definition) is 0. The Bertz CT molecular complexity index is 1830. The van der Waals surface area contributed by atoms with Crippen LogP contribution in [0.4, 0.5) is 26.3 Å². The predicted molar refractivity (Wildman–Crippen MR) is 145 cm³/mol. The van der Waals surface area contributed by atoms with Gasteiger partial charge in [-0.25, -0.2) is 26.6 Å². The van der Waals surface area contributed by atoms with E-state index >= 15 is 0 Å². The van der Waals surface area contributed by atoms with Crippen molar-refractivity contribution in [2.75, 3.05) is 18.1 Å². The first kappa shape index (κ1) is 31.6. The third-order valence-electron chi connectivity index (χ3n) is 6.91. The van der Waals surface area contributed by atoms with Gasteiger partial charge in [0.15, 0.2) is 21.3 Å². The van der Waals surface area contributed by atoms with Gasteiger partial charge in [-0.2, -0.15) is 18.4 Å². The number of benzene rings is 2. The Morgan fingerprint density at radius 1 is 1.07 bits per heavy atom. The molecule has 0 radical (unpaired) electrons. The van der Waals surface area contributed by atoms with E-state index in [1.807, 2.05) is 6.07 Å². The number of pyridine rings is 1. The average molecular weight is 623 g/mol. The summed E-state index contributed by atoms with van der Waals surface area (Å²) in [6.07, 6.45) is -4.69. The molecule has 0 bridgehead atoms. The van der Waals surface area contributed by atoms with E-state index in [9.17, 15) is 44.8 Å². The molecule has 1 unspecified atom stereocenters. The van der Waals surface area contributed by atoms with Crippen molar-refractivity contribution in [3.05, 3.63) is 94.6 Å². The lowest BCUT2D eigenvalue weighted by atomic mass is 10.0. The quantitative estimate of drug-likeness (QED) is 0.218. The molecule has 0 N–H and O–H groups in total. The molecule has 226 valence electrons. The first-order valence-corrected chi connectivity index (χ1v) is 14.7. The van der Waals surface area contributed by atoms with Gasteiger partial charge in [0.25, 0.3) is 0 Å². The third-order valence-corrected chi connectivity index (χ3v) is 8.60. The summed E-state index contributed by atoms with van der Waals surface area (Å²) in [4.78, 5) is 19.0. The summed E-state index contributed by atoms with van der Waals surface area (Å²) < 4.78 is 109. The number of carbonyl (C=O) groups excluding carboxylic acids is 1. The Hall–Kier alpha value is -4.38. The Morgan fingerprint density at radius 2 is 1.74 bits per heavy atom. The molecule has 2 heterocycles. The van der Waals surface area contributed by atoms with Crippen molar-refractivity contribution < 1.29 is 39.6 Å². The molecule has 14 heteroatoms. The largest absolute Gasteiger partial charge is 0.419 e.